The maximum Gasteiger partial charge on any atom is 0.229 e. The number of piperidine rings is 1. The van der Waals surface area contributed by atoms with Gasteiger partial charge in [-0.2, -0.15) is 0 Å². The van der Waals surface area contributed by atoms with E-state index in [4.69, 9.17) is 4.74 Å². The Morgan fingerprint density at radius 2 is 1.69 bits per heavy atom. The number of carbonyl (C=O) groups is 1. The molecule has 1 atom stereocenters. The number of nitrogens with zero attached hydrogens (tertiary/aromatic N) is 3. The molecule has 0 spiro atoms. The van der Waals surface area contributed by atoms with Gasteiger partial charge in [-0.15, -0.1) is 0 Å². The second-order valence-corrected chi connectivity index (χ2v) is 8.46. The molecule has 1 aliphatic rings. The average Bonchev–Trinajstić information content (AvgIpc) is 2.91. The molecule has 0 aliphatic carbocycles. The van der Waals surface area contributed by atoms with E-state index in [1.54, 1.807) is 18.3 Å². The topological polar surface area (TPSA) is 67.3 Å². The third kappa shape index (κ3) is 5.63. The number of para-hydroxylation sites is 1. The predicted octanol–water partition coefficient (Wildman–Crippen LogP) is 5.93. The van der Waals surface area contributed by atoms with Crippen molar-refractivity contribution in [1.82, 2.24) is 9.97 Å². The summed E-state index contributed by atoms with van der Waals surface area (Å²) in [6.07, 6.45) is 3.40. The van der Waals surface area contributed by atoms with Crippen molar-refractivity contribution in [2.45, 2.75) is 12.8 Å². The van der Waals surface area contributed by atoms with Crippen LogP contribution in [-0.2, 0) is 4.79 Å². The molecular weight excluding hydrogens is 443 g/mol. The molecule has 1 aliphatic heterocycles. The zero-order valence-corrected chi connectivity index (χ0v) is 19.1. The monoisotopic (exact) mass is 468 g/mol. The molecule has 1 fully saturated rings. The van der Waals surface area contributed by atoms with Gasteiger partial charge in [-0.25, -0.2) is 14.4 Å². The minimum absolute atomic E-state index is 0.0146. The van der Waals surface area contributed by atoms with E-state index >= 15 is 0 Å². The van der Waals surface area contributed by atoms with Crippen LogP contribution in [0.2, 0.25) is 0 Å². The van der Waals surface area contributed by atoms with Gasteiger partial charge in [0.05, 0.1) is 5.92 Å². The van der Waals surface area contributed by atoms with E-state index in [-0.39, 0.29) is 17.6 Å². The fraction of sp³-hybridized carbons (Fsp3) is 0.179. The lowest BCUT2D eigenvalue weighted by molar-refractivity contribution is -0.120. The van der Waals surface area contributed by atoms with Gasteiger partial charge in [-0.05, 0) is 79.6 Å². The Labute approximate surface area is 203 Å². The molecule has 0 unspecified atom stereocenters. The summed E-state index contributed by atoms with van der Waals surface area (Å²) in [5, 5.41) is 3.03. The van der Waals surface area contributed by atoms with Crippen LogP contribution in [0, 0.1) is 11.7 Å². The van der Waals surface area contributed by atoms with Gasteiger partial charge in [0.1, 0.15) is 23.1 Å². The summed E-state index contributed by atoms with van der Waals surface area (Å²) in [5.74, 6) is 2.30. The number of hydrogen-bond acceptors (Lipinski definition) is 5. The molecule has 0 radical (unpaired) electrons. The van der Waals surface area contributed by atoms with Crippen molar-refractivity contribution in [2.24, 2.45) is 5.92 Å². The Morgan fingerprint density at radius 3 is 2.46 bits per heavy atom. The molecule has 1 aromatic heterocycles. The van der Waals surface area contributed by atoms with Gasteiger partial charge < -0.3 is 15.0 Å². The van der Waals surface area contributed by atoms with Crippen molar-refractivity contribution in [3.63, 3.8) is 0 Å². The highest BCUT2D eigenvalue weighted by molar-refractivity contribution is 5.93. The van der Waals surface area contributed by atoms with E-state index in [2.05, 4.69) is 20.2 Å². The molecular formula is C28H25FN4O2. The second kappa shape index (κ2) is 10.3. The fourth-order valence-electron chi connectivity index (χ4n) is 4.14. The van der Waals surface area contributed by atoms with Crippen molar-refractivity contribution in [3.05, 3.63) is 96.9 Å². The number of anilines is 2. The highest BCUT2D eigenvalue weighted by Crippen LogP contribution is 2.26. The average molecular weight is 469 g/mol. The smallest absolute Gasteiger partial charge is 0.229 e. The first-order chi connectivity index (χ1) is 17.1. The summed E-state index contributed by atoms with van der Waals surface area (Å²) in [7, 11) is 0. The van der Waals surface area contributed by atoms with Crippen molar-refractivity contribution in [3.8, 4) is 22.9 Å². The summed E-state index contributed by atoms with van der Waals surface area (Å²) < 4.78 is 19.1. The Bertz CT molecular complexity index is 1280. The van der Waals surface area contributed by atoms with Gasteiger partial charge in [0.25, 0.3) is 0 Å². The van der Waals surface area contributed by atoms with Gasteiger partial charge in [0.2, 0.25) is 5.91 Å². The van der Waals surface area contributed by atoms with E-state index in [0.29, 0.717) is 18.1 Å². The molecule has 1 N–H and O–H groups in total. The van der Waals surface area contributed by atoms with E-state index in [0.717, 1.165) is 42.2 Å². The van der Waals surface area contributed by atoms with Crippen LogP contribution in [0.25, 0.3) is 11.4 Å². The number of ether oxygens (including phenoxy) is 1. The maximum absolute atomic E-state index is 13.3. The quantitative estimate of drug-likeness (QED) is 0.380. The van der Waals surface area contributed by atoms with Crippen LogP contribution in [0.4, 0.5) is 15.9 Å². The minimum Gasteiger partial charge on any atom is -0.457 e. The minimum atomic E-state index is -0.298. The van der Waals surface area contributed by atoms with Gasteiger partial charge in [0, 0.05) is 30.5 Å². The molecule has 0 saturated carbocycles. The van der Waals surface area contributed by atoms with Crippen LogP contribution in [-0.4, -0.2) is 29.0 Å². The predicted molar refractivity (Wildman–Crippen MR) is 134 cm³/mol. The fourth-order valence-corrected chi connectivity index (χ4v) is 4.14. The molecule has 1 amide bonds. The van der Waals surface area contributed by atoms with Gasteiger partial charge in [0.15, 0.2) is 5.82 Å². The molecule has 35 heavy (non-hydrogen) atoms. The highest BCUT2D eigenvalue weighted by atomic mass is 19.1. The molecule has 5 rings (SSSR count). The molecule has 7 heteroatoms. The molecule has 6 nitrogen and oxygen atoms in total. The van der Waals surface area contributed by atoms with Crippen LogP contribution in [0.5, 0.6) is 11.5 Å². The Kier molecular flexibility index (Phi) is 6.66. The first-order valence-electron chi connectivity index (χ1n) is 11.6. The second-order valence-electron chi connectivity index (χ2n) is 8.46. The number of hydrogen-bond donors (Lipinski definition) is 1. The number of halogens is 1. The van der Waals surface area contributed by atoms with E-state index in [1.165, 1.54) is 12.1 Å². The Morgan fingerprint density at radius 1 is 0.943 bits per heavy atom. The number of aromatic nitrogens is 2. The highest BCUT2D eigenvalue weighted by Gasteiger charge is 2.27. The maximum atomic E-state index is 13.3. The van der Waals surface area contributed by atoms with Crippen molar-refractivity contribution in [1.29, 1.82) is 0 Å². The summed E-state index contributed by atoms with van der Waals surface area (Å²) in [6, 6.07) is 24.9. The molecule has 4 aromatic rings. The van der Waals surface area contributed by atoms with E-state index < -0.39 is 0 Å². The van der Waals surface area contributed by atoms with Gasteiger partial charge >= 0.3 is 0 Å². The number of benzene rings is 3. The normalized spacial score (nSPS) is 15.5. The number of amides is 1. The lowest BCUT2D eigenvalue weighted by atomic mass is 9.97. The number of carbonyl (C=O) groups excluding carboxylic acids is 1. The Balaban J connectivity index is 1.22. The lowest BCUT2D eigenvalue weighted by Crippen LogP contribution is -2.41. The molecule has 0 bridgehead atoms. The molecule has 2 heterocycles. The Hall–Kier alpha value is -4.26. The zero-order chi connectivity index (χ0) is 24.0. The molecule has 176 valence electrons. The van der Waals surface area contributed by atoms with Gasteiger partial charge in [-0.1, -0.05) is 18.2 Å². The molecule has 1 saturated heterocycles. The SMILES string of the molecule is O=C(Nc1ccc(Oc2ccccc2)cc1)[C@H]1CCCN(c2ccnc(-c3ccc(F)cc3)n2)C1. The van der Waals surface area contributed by atoms with Crippen molar-refractivity contribution >= 4 is 17.4 Å². The number of nitrogens with one attached hydrogen (secondary N) is 1. The van der Waals surface area contributed by atoms with E-state index in [9.17, 15) is 9.18 Å². The third-order valence-electron chi connectivity index (χ3n) is 5.96. The van der Waals surface area contributed by atoms with Crippen LogP contribution in [0.1, 0.15) is 12.8 Å². The van der Waals surface area contributed by atoms with Crippen LogP contribution in [0.15, 0.2) is 91.1 Å². The van der Waals surface area contributed by atoms with E-state index in [1.807, 2.05) is 60.7 Å². The first-order valence-corrected chi connectivity index (χ1v) is 11.6. The first kappa shape index (κ1) is 22.5. The third-order valence-corrected chi connectivity index (χ3v) is 5.96. The summed E-state index contributed by atoms with van der Waals surface area (Å²) in [5.41, 5.74) is 1.48. The van der Waals surface area contributed by atoms with Gasteiger partial charge in [-0.3, -0.25) is 4.79 Å². The summed E-state index contributed by atoms with van der Waals surface area (Å²) >= 11 is 0. The zero-order valence-electron chi connectivity index (χ0n) is 19.1. The summed E-state index contributed by atoms with van der Waals surface area (Å²) in [6.45, 7) is 1.38. The lowest BCUT2D eigenvalue weighted by Gasteiger charge is -2.33. The largest absolute Gasteiger partial charge is 0.457 e. The van der Waals surface area contributed by atoms with Crippen LogP contribution in [0.3, 0.4) is 0 Å². The number of rotatable bonds is 6. The van der Waals surface area contributed by atoms with Crippen molar-refractivity contribution < 1.29 is 13.9 Å². The van der Waals surface area contributed by atoms with Crippen molar-refractivity contribution in [2.75, 3.05) is 23.3 Å². The van der Waals surface area contributed by atoms with Crippen LogP contribution >= 0.6 is 0 Å². The van der Waals surface area contributed by atoms with Crippen LogP contribution < -0.4 is 15.0 Å². The summed E-state index contributed by atoms with van der Waals surface area (Å²) in [4.78, 5) is 24.1. The molecule has 3 aromatic carbocycles. The standard InChI is InChI=1S/C28H25FN4O2/c29-22-10-8-20(9-11-22)27-30-17-16-26(32-27)33-18-4-5-21(19-33)28(34)31-23-12-14-25(15-13-23)35-24-6-2-1-3-7-24/h1-3,6-17,21H,4-5,18-19H2,(H,31,34)/t21-/m0/s1.